The number of benzene rings is 3. The van der Waals surface area contributed by atoms with Gasteiger partial charge in [-0.25, -0.2) is 4.79 Å². The van der Waals surface area contributed by atoms with E-state index in [1.54, 1.807) is 16.8 Å². The molecule has 160 valence electrons. The SMILES string of the molecule is C[C@H]1[C@@H](c2ccccc2)N([C@@H]2O[C@@H](c3cccc4ccccc34)[C@@H](O)[C@H]2O)C(=O)N1C. The van der Waals surface area contributed by atoms with Crippen molar-refractivity contribution in [2.24, 2.45) is 0 Å². The Hall–Kier alpha value is -2.93. The minimum Gasteiger partial charge on any atom is -0.387 e. The lowest BCUT2D eigenvalue weighted by atomic mass is 9.96. The summed E-state index contributed by atoms with van der Waals surface area (Å²) in [6, 6.07) is 22.8. The molecular formula is C25H26N2O4. The number of hydrogen-bond acceptors (Lipinski definition) is 4. The number of likely N-dealkylation sites (N-methyl/N-ethyl adjacent to an activating group) is 1. The second kappa shape index (κ2) is 7.64. The Bertz CT molecular complexity index is 1100. The van der Waals surface area contributed by atoms with Gasteiger partial charge >= 0.3 is 6.03 Å². The molecule has 2 fully saturated rings. The monoisotopic (exact) mass is 418 g/mol. The first kappa shape index (κ1) is 20.0. The van der Waals surface area contributed by atoms with Crippen LogP contribution in [0, 0.1) is 0 Å². The van der Waals surface area contributed by atoms with Crippen molar-refractivity contribution in [1.29, 1.82) is 0 Å². The maximum absolute atomic E-state index is 13.2. The number of urea groups is 1. The molecule has 6 heteroatoms. The topological polar surface area (TPSA) is 73.2 Å². The van der Waals surface area contributed by atoms with E-state index in [2.05, 4.69) is 0 Å². The molecule has 6 atom stereocenters. The minimum atomic E-state index is -1.22. The summed E-state index contributed by atoms with van der Waals surface area (Å²) < 4.78 is 6.26. The van der Waals surface area contributed by atoms with Crippen LogP contribution >= 0.6 is 0 Å². The number of aliphatic hydroxyl groups is 2. The molecule has 0 aromatic heterocycles. The van der Waals surface area contributed by atoms with Gasteiger partial charge in [-0.3, -0.25) is 4.90 Å². The van der Waals surface area contributed by atoms with E-state index in [1.165, 1.54) is 0 Å². The fourth-order valence-electron chi connectivity index (χ4n) is 4.92. The maximum Gasteiger partial charge on any atom is 0.322 e. The van der Waals surface area contributed by atoms with E-state index in [0.717, 1.165) is 21.9 Å². The van der Waals surface area contributed by atoms with Crippen molar-refractivity contribution in [2.45, 2.75) is 43.5 Å². The van der Waals surface area contributed by atoms with Crippen LogP contribution in [-0.4, -0.2) is 57.6 Å². The molecule has 2 N–H and O–H groups in total. The number of rotatable bonds is 3. The molecule has 0 saturated carbocycles. The van der Waals surface area contributed by atoms with Gasteiger partial charge < -0.3 is 19.8 Å². The summed E-state index contributed by atoms with van der Waals surface area (Å²) in [5, 5.41) is 23.9. The first-order valence-corrected chi connectivity index (χ1v) is 10.6. The van der Waals surface area contributed by atoms with Crippen LogP contribution in [0.2, 0.25) is 0 Å². The van der Waals surface area contributed by atoms with Gasteiger partial charge in [0.15, 0.2) is 6.23 Å². The highest BCUT2D eigenvalue weighted by Crippen LogP contribution is 2.44. The van der Waals surface area contributed by atoms with Crippen LogP contribution in [0.1, 0.15) is 30.2 Å². The van der Waals surface area contributed by atoms with Crippen LogP contribution in [-0.2, 0) is 4.74 Å². The highest BCUT2D eigenvalue weighted by Gasteiger charge is 2.54. The number of aliphatic hydroxyl groups excluding tert-OH is 2. The molecule has 3 aromatic carbocycles. The van der Waals surface area contributed by atoms with Crippen LogP contribution in [0.3, 0.4) is 0 Å². The summed E-state index contributed by atoms with van der Waals surface area (Å²) in [4.78, 5) is 16.4. The summed E-state index contributed by atoms with van der Waals surface area (Å²) in [6.45, 7) is 1.98. The van der Waals surface area contributed by atoms with Crippen molar-refractivity contribution < 1.29 is 19.7 Å². The average molecular weight is 418 g/mol. The van der Waals surface area contributed by atoms with Crippen LogP contribution < -0.4 is 0 Å². The van der Waals surface area contributed by atoms with Gasteiger partial charge in [0, 0.05) is 7.05 Å². The number of carbonyl (C=O) groups excluding carboxylic acids is 1. The third-order valence-corrected chi connectivity index (χ3v) is 6.67. The molecule has 2 saturated heterocycles. The fraction of sp³-hybridized carbons (Fsp3) is 0.320. The van der Waals surface area contributed by atoms with Crippen LogP contribution in [0.4, 0.5) is 4.79 Å². The minimum absolute atomic E-state index is 0.112. The first-order chi connectivity index (χ1) is 15.0. The molecule has 0 bridgehead atoms. The molecule has 0 spiro atoms. The molecule has 31 heavy (non-hydrogen) atoms. The number of ether oxygens (including phenoxy) is 1. The van der Waals surface area contributed by atoms with E-state index in [9.17, 15) is 15.0 Å². The van der Waals surface area contributed by atoms with Gasteiger partial charge in [0.1, 0.15) is 18.3 Å². The zero-order valence-electron chi connectivity index (χ0n) is 17.5. The van der Waals surface area contributed by atoms with Crippen molar-refractivity contribution in [2.75, 3.05) is 7.05 Å². The van der Waals surface area contributed by atoms with E-state index >= 15 is 0 Å². The Morgan fingerprint density at radius 1 is 0.871 bits per heavy atom. The predicted octanol–water partition coefficient (Wildman–Crippen LogP) is 3.46. The number of carbonyl (C=O) groups is 1. The maximum atomic E-state index is 13.2. The Balaban J connectivity index is 1.53. The Morgan fingerprint density at radius 2 is 1.55 bits per heavy atom. The summed E-state index contributed by atoms with van der Waals surface area (Å²) in [7, 11) is 1.75. The summed E-state index contributed by atoms with van der Waals surface area (Å²) in [5.41, 5.74) is 1.77. The largest absolute Gasteiger partial charge is 0.387 e. The Kier molecular flexibility index (Phi) is 4.93. The van der Waals surface area contributed by atoms with Crippen LogP contribution in [0.25, 0.3) is 10.8 Å². The number of nitrogens with zero attached hydrogens (tertiary/aromatic N) is 2. The summed E-state index contributed by atoms with van der Waals surface area (Å²) in [5.74, 6) is 0. The standard InChI is InChI=1S/C25H26N2O4/c1-15-20(17-10-4-3-5-11-17)27(25(30)26(15)2)24-22(29)21(28)23(31-24)19-14-8-12-16-9-6-7-13-18(16)19/h3-15,20-24,28-29H,1-2H3/t15-,20-,21-,22+,23-,24+/m0/s1. The Labute approximate surface area is 181 Å². The molecule has 5 rings (SSSR count). The number of amides is 2. The molecule has 2 heterocycles. The van der Waals surface area contributed by atoms with Gasteiger partial charge in [0.25, 0.3) is 0 Å². The number of fused-ring (bicyclic) bond motifs is 1. The zero-order valence-corrected chi connectivity index (χ0v) is 17.5. The van der Waals surface area contributed by atoms with Crippen LogP contribution in [0.5, 0.6) is 0 Å². The molecule has 2 aliphatic heterocycles. The summed E-state index contributed by atoms with van der Waals surface area (Å²) in [6.07, 6.45) is -4.07. The molecule has 2 aliphatic rings. The van der Waals surface area contributed by atoms with Gasteiger partial charge in [-0.05, 0) is 28.8 Å². The van der Waals surface area contributed by atoms with E-state index in [4.69, 9.17) is 4.74 Å². The average Bonchev–Trinajstić information content (AvgIpc) is 3.21. The lowest BCUT2D eigenvalue weighted by molar-refractivity contribution is -0.0783. The third-order valence-electron chi connectivity index (χ3n) is 6.67. The molecule has 0 unspecified atom stereocenters. The van der Waals surface area contributed by atoms with Crippen molar-refractivity contribution in [3.05, 3.63) is 83.9 Å². The van der Waals surface area contributed by atoms with E-state index in [0.29, 0.717) is 0 Å². The normalized spacial score (nSPS) is 31.0. The molecule has 2 amide bonds. The summed E-state index contributed by atoms with van der Waals surface area (Å²) >= 11 is 0. The van der Waals surface area contributed by atoms with Crippen molar-refractivity contribution in [1.82, 2.24) is 9.80 Å². The van der Waals surface area contributed by atoms with E-state index in [-0.39, 0.29) is 18.1 Å². The lowest BCUT2D eigenvalue weighted by Gasteiger charge is -2.32. The van der Waals surface area contributed by atoms with Gasteiger partial charge in [-0.15, -0.1) is 0 Å². The van der Waals surface area contributed by atoms with Crippen molar-refractivity contribution in [3.8, 4) is 0 Å². The van der Waals surface area contributed by atoms with E-state index in [1.807, 2.05) is 79.7 Å². The number of hydrogen-bond donors (Lipinski definition) is 2. The van der Waals surface area contributed by atoms with Gasteiger partial charge in [-0.1, -0.05) is 72.8 Å². The highest BCUT2D eigenvalue weighted by atomic mass is 16.6. The molecule has 3 aromatic rings. The Morgan fingerprint density at radius 3 is 2.32 bits per heavy atom. The quantitative estimate of drug-likeness (QED) is 0.683. The fourth-order valence-corrected chi connectivity index (χ4v) is 4.92. The zero-order chi connectivity index (χ0) is 21.7. The highest BCUT2D eigenvalue weighted by molar-refractivity contribution is 5.86. The van der Waals surface area contributed by atoms with E-state index < -0.39 is 24.5 Å². The lowest BCUT2D eigenvalue weighted by Crippen LogP contribution is -2.46. The van der Waals surface area contributed by atoms with Gasteiger partial charge in [0.2, 0.25) is 0 Å². The smallest absolute Gasteiger partial charge is 0.322 e. The molecule has 0 radical (unpaired) electrons. The van der Waals surface area contributed by atoms with Crippen molar-refractivity contribution >= 4 is 16.8 Å². The van der Waals surface area contributed by atoms with Crippen molar-refractivity contribution in [3.63, 3.8) is 0 Å². The molecule has 0 aliphatic carbocycles. The predicted molar refractivity (Wildman–Crippen MR) is 117 cm³/mol. The second-order valence-corrected chi connectivity index (χ2v) is 8.39. The molecular weight excluding hydrogens is 392 g/mol. The molecule has 6 nitrogen and oxygen atoms in total. The first-order valence-electron chi connectivity index (χ1n) is 10.6. The second-order valence-electron chi connectivity index (χ2n) is 8.39. The van der Waals surface area contributed by atoms with Gasteiger partial charge in [0.05, 0.1) is 12.1 Å². The van der Waals surface area contributed by atoms with Gasteiger partial charge in [-0.2, -0.15) is 0 Å². The third kappa shape index (κ3) is 3.10. The van der Waals surface area contributed by atoms with Crippen LogP contribution in [0.15, 0.2) is 72.8 Å².